The third-order valence-electron chi connectivity index (χ3n) is 1.94. The van der Waals surface area contributed by atoms with Gasteiger partial charge in [0, 0.05) is 21.8 Å². The molecule has 0 aliphatic rings. The van der Waals surface area contributed by atoms with Crippen LogP contribution < -0.4 is 5.73 Å². The zero-order valence-corrected chi connectivity index (χ0v) is 10.3. The molecule has 6 heteroatoms. The van der Waals surface area contributed by atoms with E-state index in [9.17, 15) is 13.2 Å². The first-order chi connectivity index (χ1) is 6.88. The number of alkyl halides is 3. The third kappa shape index (κ3) is 4.99. The monoisotopic (exact) mass is 301 g/mol. The van der Waals surface area contributed by atoms with E-state index < -0.39 is 18.6 Å². The van der Waals surface area contributed by atoms with Gasteiger partial charge in [-0.1, -0.05) is 0 Å². The van der Waals surface area contributed by atoms with Gasteiger partial charge in [-0.25, -0.2) is 0 Å². The van der Waals surface area contributed by atoms with Crippen LogP contribution in [0.4, 0.5) is 13.2 Å². The number of nitrogens with two attached hydrogens (primary N) is 1. The molecular weight excluding hydrogens is 291 g/mol. The Morgan fingerprint density at radius 2 is 2.13 bits per heavy atom. The Labute approximate surface area is 98.6 Å². The Morgan fingerprint density at radius 1 is 1.47 bits per heavy atom. The van der Waals surface area contributed by atoms with E-state index in [1.165, 1.54) is 11.3 Å². The highest BCUT2D eigenvalue weighted by Crippen LogP contribution is 2.26. The van der Waals surface area contributed by atoms with Gasteiger partial charge in [-0.05, 0) is 40.2 Å². The quantitative estimate of drug-likeness (QED) is 0.901. The van der Waals surface area contributed by atoms with Crippen LogP contribution in [0.5, 0.6) is 0 Å². The fourth-order valence-corrected chi connectivity index (χ4v) is 2.77. The molecule has 0 saturated heterocycles. The van der Waals surface area contributed by atoms with Crippen molar-refractivity contribution in [2.75, 3.05) is 0 Å². The number of rotatable bonds is 4. The molecule has 1 aromatic rings. The van der Waals surface area contributed by atoms with Gasteiger partial charge in [-0.2, -0.15) is 13.2 Å². The number of hydrogen-bond donors (Lipinski definition) is 1. The van der Waals surface area contributed by atoms with Crippen LogP contribution in [-0.4, -0.2) is 12.2 Å². The van der Waals surface area contributed by atoms with E-state index in [-0.39, 0.29) is 6.42 Å². The minimum absolute atomic E-state index is 0.0200. The molecule has 0 radical (unpaired) electrons. The van der Waals surface area contributed by atoms with Crippen molar-refractivity contribution >= 4 is 27.3 Å². The van der Waals surface area contributed by atoms with Gasteiger partial charge < -0.3 is 5.73 Å². The molecule has 0 aliphatic carbocycles. The predicted molar refractivity (Wildman–Crippen MR) is 59.0 cm³/mol. The summed E-state index contributed by atoms with van der Waals surface area (Å²) >= 11 is 4.82. The molecule has 0 fully saturated rings. The second-order valence-corrected chi connectivity index (χ2v) is 5.16. The zero-order valence-electron chi connectivity index (χ0n) is 7.85. The SMILES string of the molecule is NC(CCC(F)(F)F)Cc1sccc1Br. The first-order valence-electron chi connectivity index (χ1n) is 4.42. The molecule has 1 atom stereocenters. The molecule has 0 aliphatic heterocycles. The van der Waals surface area contributed by atoms with Crippen LogP contribution in [0.1, 0.15) is 17.7 Å². The van der Waals surface area contributed by atoms with E-state index in [1.807, 2.05) is 11.4 Å². The van der Waals surface area contributed by atoms with Gasteiger partial charge in [0.2, 0.25) is 0 Å². The minimum atomic E-state index is -4.11. The van der Waals surface area contributed by atoms with E-state index >= 15 is 0 Å². The van der Waals surface area contributed by atoms with E-state index in [4.69, 9.17) is 5.73 Å². The molecule has 1 unspecified atom stereocenters. The van der Waals surface area contributed by atoms with Crippen molar-refractivity contribution in [1.82, 2.24) is 0 Å². The molecule has 0 saturated carbocycles. The molecule has 2 N–H and O–H groups in total. The van der Waals surface area contributed by atoms with Crippen LogP contribution in [0, 0.1) is 0 Å². The Kier molecular flexibility index (Phi) is 4.61. The van der Waals surface area contributed by atoms with Gasteiger partial charge in [0.05, 0.1) is 0 Å². The van der Waals surface area contributed by atoms with Crippen LogP contribution in [0.3, 0.4) is 0 Å². The zero-order chi connectivity index (χ0) is 11.5. The van der Waals surface area contributed by atoms with Crippen molar-refractivity contribution in [2.24, 2.45) is 5.73 Å². The lowest BCUT2D eigenvalue weighted by atomic mass is 10.1. The van der Waals surface area contributed by atoms with Gasteiger partial charge in [-0.3, -0.25) is 0 Å². The minimum Gasteiger partial charge on any atom is -0.327 e. The molecule has 1 heterocycles. The molecular formula is C9H11BrF3NS. The average Bonchev–Trinajstić information content (AvgIpc) is 2.47. The maximum absolute atomic E-state index is 11.9. The van der Waals surface area contributed by atoms with E-state index in [0.717, 1.165) is 9.35 Å². The Morgan fingerprint density at radius 3 is 2.60 bits per heavy atom. The van der Waals surface area contributed by atoms with Gasteiger partial charge in [0.25, 0.3) is 0 Å². The van der Waals surface area contributed by atoms with Gasteiger partial charge in [0.15, 0.2) is 0 Å². The summed E-state index contributed by atoms with van der Waals surface area (Å²) in [5, 5.41) is 1.88. The molecule has 1 aromatic heterocycles. The molecule has 86 valence electrons. The summed E-state index contributed by atoms with van der Waals surface area (Å²) in [6, 6.07) is 1.44. The van der Waals surface area contributed by atoms with Crippen molar-refractivity contribution in [3.8, 4) is 0 Å². The molecule has 0 amide bonds. The third-order valence-corrected chi connectivity index (χ3v) is 3.89. The molecule has 1 rings (SSSR count). The highest BCUT2D eigenvalue weighted by molar-refractivity contribution is 9.10. The van der Waals surface area contributed by atoms with E-state index in [2.05, 4.69) is 15.9 Å². The molecule has 1 nitrogen and oxygen atoms in total. The number of hydrogen-bond acceptors (Lipinski definition) is 2. The molecule has 0 spiro atoms. The van der Waals surface area contributed by atoms with Crippen LogP contribution in [0.2, 0.25) is 0 Å². The van der Waals surface area contributed by atoms with Crippen molar-refractivity contribution < 1.29 is 13.2 Å². The van der Waals surface area contributed by atoms with E-state index in [0.29, 0.717) is 6.42 Å². The summed E-state index contributed by atoms with van der Waals surface area (Å²) < 4.78 is 36.7. The lowest BCUT2D eigenvalue weighted by molar-refractivity contribution is -0.136. The van der Waals surface area contributed by atoms with Crippen molar-refractivity contribution in [3.63, 3.8) is 0 Å². The largest absolute Gasteiger partial charge is 0.389 e. The second-order valence-electron chi connectivity index (χ2n) is 3.31. The standard InChI is InChI=1S/C9H11BrF3NS/c10-7-2-4-15-8(7)5-6(14)1-3-9(11,12)13/h2,4,6H,1,3,5,14H2. The highest BCUT2D eigenvalue weighted by atomic mass is 79.9. The lowest BCUT2D eigenvalue weighted by Gasteiger charge is -2.12. The van der Waals surface area contributed by atoms with Crippen LogP contribution in [0.15, 0.2) is 15.9 Å². The van der Waals surface area contributed by atoms with Crippen molar-refractivity contribution in [2.45, 2.75) is 31.5 Å². The second kappa shape index (κ2) is 5.32. The maximum Gasteiger partial charge on any atom is 0.389 e. The summed E-state index contributed by atoms with van der Waals surface area (Å²) in [6.07, 6.45) is -4.44. The predicted octanol–water partition coefficient (Wildman–Crippen LogP) is 3.72. The van der Waals surface area contributed by atoms with Gasteiger partial charge in [-0.15, -0.1) is 11.3 Å². The van der Waals surface area contributed by atoms with Crippen LogP contribution in [0.25, 0.3) is 0 Å². The fourth-order valence-electron chi connectivity index (χ4n) is 1.16. The summed E-state index contributed by atoms with van der Waals surface area (Å²) in [5.41, 5.74) is 5.63. The van der Waals surface area contributed by atoms with Crippen molar-refractivity contribution in [1.29, 1.82) is 0 Å². The Bertz CT molecular complexity index is 311. The topological polar surface area (TPSA) is 26.0 Å². The molecule has 0 bridgehead atoms. The molecule has 0 aromatic carbocycles. The van der Waals surface area contributed by atoms with Gasteiger partial charge in [0.1, 0.15) is 0 Å². The Balaban J connectivity index is 2.37. The Hall–Kier alpha value is -0.0700. The van der Waals surface area contributed by atoms with Crippen LogP contribution in [-0.2, 0) is 6.42 Å². The lowest BCUT2D eigenvalue weighted by Crippen LogP contribution is -2.25. The highest BCUT2D eigenvalue weighted by Gasteiger charge is 2.27. The summed E-state index contributed by atoms with van der Waals surface area (Å²) in [6.45, 7) is 0. The summed E-state index contributed by atoms with van der Waals surface area (Å²) in [7, 11) is 0. The summed E-state index contributed by atoms with van der Waals surface area (Å²) in [4.78, 5) is 1.00. The first kappa shape index (κ1) is 13.0. The maximum atomic E-state index is 11.9. The fraction of sp³-hybridized carbons (Fsp3) is 0.556. The normalized spacial score (nSPS) is 14.2. The number of halogens is 4. The summed E-state index contributed by atoms with van der Waals surface area (Å²) in [5.74, 6) is 0. The molecule has 15 heavy (non-hydrogen) atoms. The average molecular weight is 302 g/mol. The van der Waals surface area contributed by atoms with Crippen LogP contribution >= 0.6 is 27.3 Å². The van der Waals surface area contributed by atoms with Gasteiger partial charge >= 0.3 is 6.18 Å². The van der Waals surface area contributed by atoms with Crippen molar-refractivity contribution in [3.05, 3.63) is 20.8 Å². The number of thiophene rings is 1. The first-order valence-corrected chi connectivity index (χ1v) is 6.10. The van der Waals surface area contributed by atoms with E-state index in [1.54, 1.807) is 0 Å². The smallest absolute Gasteiger partial charge is 0.327 e.